The second kappa shape index (κ2) is 37.9. The van der Waals surface area contributed by atoms with Crippen LogP contribution in [0.4, 0.5) is 0 Å². The van der Waals surface area contributed by atoms with Crippen molar-refractivity contribution >= 4 is 11.9 Å². The van der Waals surface area contributed by atoms with E-state index in [4.69, 9.17) is 47.4 Å². The molecule has 3 fully saturated rings. The van der Waals surface area contributed by atoms with Crippen LogP contribution in [0.5, 0.6) is 0 Å². The van der Waals surface area contributed by atoms with Gasteiger partial charge in [-0.3, -0.25) is 0 Å². The topological polar surface area (TPSA) is 176 Å². The van der Waals surface area contributed by atoms with Gasteiger partial charge in [0.05, 0.1) is 66.1 Å². The fourth-order valence-corrected chi connectivity index (χ4v) is 6.33. The van der Waals surface area contributed by atoms with Crippen molar-refractivity contribution in [2.45, 2.75) is 173 Å². The van der Waals surface area contributed by atoms with Gasteiger partial charge in [-0.05, 0) is 19.3 Å². The van der Waals surface area contributed by atoms with E-state index in [1.807, 2.05) is 0 Å². The minimum absolute atomic E-state index is 0. The number of rotatable bonds is 41. The van der Waals surface area contributed by atoms with Crippen LogP contribution < -0.4 is 24.1 Å². The Balaban J connectivity index is 0.00000159. The number of ether oxygens (including phenoxy) is 10. The van der Waals surface area contributed by atoms with Crippen LogP contribution in [0.3, 0.4) is 0 Å². The number of nitrogens with zero attached hydrogens (tertiary/aromatic N) is 3. The molecule has 0 aliphatic carbocycles. The summed E-state index contributed by atoms with van der Waals surface area (Å²) < 4.78 is 53.7. The number of hydrogen-bond acceptors (Lipinski definition) is 14. The fraction of sp³-hybridized carbons (Fsp3) is 0.909. The molecule has 4 atom stereocenters. The van der Waals surface area contributed by atoms with Gasteiger partial charge in [-0.2, -0.15) is 0 Å². The van der Waals surface area contributed by atoms with Gasteiger partial charge in [0.15, 0.2) is 17.7 Å². The first-order chi connectivity index (χ1) is 29.1. The number of hydrogen-bond donors (Lipinski definition) is 0. The molecule has 1 aromatic rings. The number of carbonyl (C=O) groups excluding carboxylic acids is 2. The van der Waals surface area contributed by atoms with Gasteiger partial charge in [0.25, 0.3) is 0 Å². The Bertz CT molecular complexity index is 1150. The van der Waals surface area contributed by atoms with Gasteiger partial charge in [0, 0.05) is 6.61 Å². The van der Waals surface area contributed by atoms with Crippen molar-refractivity contribution in [2.75, 3.05) is 85.9 Å². The number of carbonyl (C=O) groups is 2. The molecule has 342 valence electrons. The van der Waals surface area contributed by atoms with Crippen LogP contribution in [-0.2, 0) is 47.4 Å². The summed E-state index contributed by atoms with van der Waals surface area (Å²) in [6.45, 7) is 10.8. The van der Waals surface area contributed by atoms with Crippen LogP contribution >= 0.6 is 0 Å². The summed E-state index contributed by atoms with van der Waals surface area (Å²) in [6, 6.07) is 0. The molecule has 0 aromatic carbocycles. The van der Waals surface area contributed by atoms with E-state index in [9.17, 15) is 9.59 Å². The van der Waals surface area contributed by atoms with Crippen molar-refractivity contribution in [1.29, 1.82) is 0 Å². The Morgan fingerprint density at radius 1 is 0.550 bits per heavy atom. The van der Waals surface area contributed by atoms with E-state index < -0.39 is 18.0 Å². The molecule has 15 nitrogen and oxygen atoms in total. The molecule has 3 saturated heterocycles. The summed E-state index contributed by atoms with van der Waals surface area (Å²) in [5, 5.41) is 10.9. The van der Waals surface area contributed by atoms with Gasteiger partial charge in [-0.1, -0.05) is 129 Å². The molecule has 0 radical (unpaired) electrons. The SMILES string of the molecule is C1OC1C1CO1.CCCCCCCCCCCCOCCOCCOCCOCCOC(=O)c1n[n-]nc1C(=O)OC(CCCCCCCCCCCC)COC1CO1.[Li+]. The first-order valence-electron chi connectivity index (χ1n) is 23.1. The van der Waals surface area contributed by atoms with Crippen molar-refractivity contribution in [2.24, 2.45) is 0 Å². The quantitative estimate of drug-likeness (QED) is 0.0387. The number of aromatic nitrogens is 3. The molecule has 4 unspecified atom stereocenters. The van der Waals surface area contributed by atoms with Crippen molar-refractivity contribution in [3.05, 3.63) is 11.4 Å². The van der Waals surface area contributed by atoms with Crippen molar-refractivity contribution < 1.29 is 75.8 Å². The minimum atomic E-state index is -0.819. The zero-order chi connectivity index (χ0) is 41.9. The maximum atomic E-state index is 12.9. The van der Waals surface area contributed by atoms with Crippen LogP contribution in [-0.4, -0.2) is 133 Å². The average Bonchev–Trinajstić information content (AvgIpc) is 4.11. The van der Waals surface area contributed by atoms with Gasteiger partial charge in [-0.25, -0.2) is 9.59 Å². The van der Waals surface area contributed by atoms with Crippen molar-refractivity contribution in [3.8, 4) is 0 Å². The molecule has 16 heteroatoms. The van der Waals surface area contributed by atoms with E-state index in [1.54, 1.807) is 0 Å². The molecule has 4 rings (SSSR count). The third-order valence-electron chi connectivity index (χ3n) is 10.2. The predicted molar refractivity (Wildman–Crippen MR) is 222 cm³/mol. The first-order valence-corrected chi connectivity index (χ1v) is 23.1. The van der Waals surface area contributed by atoms with Crippen LogP contribution in [0.1, 0.15) is 170 Å². The van der Waals surface area contributed by atoms with E-state index >= 15 is 0 Å². The molecule has 1 aromatic heterocycles. The normalized spacial score (nSPS) is 17.9. The molecule has 0 N–H and O–H groups in total. The summed E-state index contributed by atoms with van der Waals surface area (Å²) in [6.07, 6.45) is 26.2. The van der Waals surface area contributed by atoms with Crippen LogP contribution in [0.15, 0.2) is 0 Å². The van der Waals surface area contributed by atoms with E-state index in [0.717, 1.165) is 45.5 Å². The van der Waals surface area contributed by atoms with Gasteiger partial charge >= 0.3 is 30.8 Å². The smallest absolute Gasteiger partial charge is 0.492 e. The summed E-state index contributed by atoms with van der Waals surface area (Å²) in [7, 11) is 0. The van der Waals surface area contributed by atoms with Gasteiger partial charge in [0.1, 0.15) is 31.5 Å². The maximum absolute atomic E-state index is 12.9. The largest absolute Gasteiger partial charge is 1.00 e. The number of unbranched alkanes of at least 4 members (excludes halogenated alkanes) is 18. The predicted octanol–water partition coefficient (Wildman–Crippen LogP) is 4.58. The Morgan fingerprint density at radius 2 is 0.950 bits per heavy atom. The van der Waals surface area contributed by atoms with Crippen LogP contribution in [0, 0.1) is 0 Å². The Morgan fingerprint density at radius 3 is 1.40 bits per heavy atom. The van der Waals surface area contributed by atoms with Gasteiger partial charge in [-0.15, -0.1) is 0 Å². The molecule has 3 aliphatic heterocycles. The minimum Gasteiger partial charge on any atom is -0.492 e. The third-order valence-corrected chi connectivity index (χ3v) is 10.2. The van der Waals surface area contributed by atoms with Gasteiger partial charge in [0.2, 0.25) is 0 Å². The summed E-state index contributed by atoms with van der Waals surface area (Å²) in [5.41, 5.74) is -0.561. The third kappa shape index (κ3) is 30.4. The van der Waals surface area contributed by atoms with E-state index in [2.05, 4.69) is 29.3 Å². The Hall–Kier alpha value is -1.64. The van der Waals surface area contributed by atoms with E-state index in [-0.39, 0.29) is 56.4 Å². The summed E-state index contributed by atoms with van der Waals surface area (Å²) >= 11 is 0. The van der Waals surface area contributed by atoms with E-state index in [0.29, 0.717) is 64.9 Å². The molecule has 0 spiro atoms. The molecule has 3 aliphatic rings. The second-order valence-electron chi connectivity index (χ2n) is 15.6. The van der Waals surface area contributed by atoms with E-state index in [1.165, 1.54) is 103 Å². The van der Waals surface area contributed by atoms with Gasteiger partial charge < -0.3 is 62.8 Å². The molecule has 0 saturated carbocycles. The zero-order valence-electron chi connectivity index (χ0n) is 37.6. The first kappa shape index (κ1) is 54.5. The zero-order valence-corrected chi connectivity index (χ0v) is 37.6. The monoisotopic (exact) mass is 848 g/mol. The Kier molecular flexibility index (Phi) is 34.4. The summed E-state index contributed by atoms with van der Waals surface area (Å²) in [5.74, 6) is -1.60. The fourth-order valence-electron chi connectivity index (χ4n) is 6.33. The molecule has 4 heterocycles. The molecular weight excluding hydrogens is 769 g/mol. The molecule has 0 amide bonds. The average molecular weight is 848 g/mol. The molecule has 0 bridgehead atoms. The number of epoxide rings is 3. The molecule has 60 heavy (non-hydrogen) atoms. The van der Waals surface area contributed by atoms with Crippen molar-refractivity contribution in [1.82, 2.24) is 15.4 Å². The second-order valence-corrected chi connectivity index (χ2v) is 15.6. The number of esters is 2. The maximum Gasteiger partial charge on any atom is 1.00 e. The van der Waals surface area contributed by atoms with Crippen molar-refractivity contribution in [3.63, 3.8) is 0 Å². The molecular formula is C44H78LiN3O12. The van der Waals surface area contributed by atoms with Crippen LogP contribution in [0.2, 0.25) is 0 Å². The van der Waals surface area contributed by atoms with Crippen LogP contribution in [0.25, 0.3) is 0 Å². The standard InChI is InChI=1S/C40H73N3O10.C4H6O2.Li/c1-3-5-7-9-11-13-15-17-19-21-23-35(33-51-36-34-52-36)53-40(45)38-37(41-43-42-38)39(44)50-32-31-49-30-29-48-28-27-47-26-25-46-24-22-20-18-16-14-12-10-8-6-4-2;1-3(5-1)4-2-6-4;/h35-36H,3-34H2,1-2H3,(H,41,42,43,44,45);3-4H,1-2H2;/q;;+1/p-1. The summed E-state index contributed by atoms with van der Waals surface area (Å²) in [4.78, 5) is 25.6. The Labute approximate surface area is 372 Å².